The highest BCUT2D eigenvalue weighted by Crippen LogP contribution is 2.11. The lowest BCUT2D eigenvalue weighted by molar-refractivity contribution is 0.378. The Hall–Kier alpha value is -1.10. The lowest BCUT2D eigenvalue weighted by atomic mass is 10.1. The topological polar surface area (TPSA) is 59.9 Å². The lowest BCUT2D eigenvalue weighted by Crippen LogP contribution is -2.09. The third kappa shape index (κ3) is 4.29. The molecular formula is C9H15ClN4O. The van der Waals surface area contributed by atoms with Gasteiger partial charge < -0.3 is 10.1 Å². The molecule has 1 N–H and O–H groups in total. The van der Waals surface area contributed by atoms with E-state index < -0.39 is 0 Å². The minimum atomic E-state index is 0.133. The van der Waals surface area contributed by atoms with Gasteiger partial charge in [0.2, 0.25) is 11.2 Å². The molecule has 0 unspecified atom stereocenters. The molecule has 5 nitrogen and oxygen atoms in total. The van der Waals surface area contributed by atoms with Crippen molar-refractivity contribution in [3.05, 3.63) is 5.28 Å². The number of anilines is 1. The summed E-state index contributed by atoms with van der Waals surface area (Å²) >= 11 is 5.69. The Morgan fingerprint density at radius 2 is 2.07 bits per heavy atom. The van der Waals surface area contributed by atoms with Crippen molar-refractivity contribution in [2.45, 2.75) is 20.3 Å². The van der Waals surface area contributed by atoms with Gasteiger partial charge in [0.1, 0.15) is 0 Å². The third-order valence-electron chi connectivity index (χ3n) is 1.77. The first-order chi connectivity index (χ1) is 7.11. The fourth-order valence-electron chi connectivity index (χ4n) is 0.975. The predicted octanol–water partition coefficient (Wildman–Crippen LogP) is 1.99. The number of ether oxygens (including phenoxy) is 1. The van der Waals surface area contributed by atoms with Crippen molar-refractivity contribution >= 4 is 17.5 Å². The molecule has 0 aliphatic carbocycles. The zero-order valence-corrected chi connectivity index (χ0v) is 9.88. The van der Waals surface area contributed by atoms with Gasteiger partial charge >= 0.3 is 6.01 Å². The second-order valence-electron chi connectivity index (χ2n) is 3.52. The largest absolute Gasteiger partial charge is 0.467 e. The van der Waals surface area contributed by atoms with E-state index in [1.54, 1.807) is 0 Å². The summed E-state index contributed by atoms with van der Waals surface area (Å²) in [5, 5.41) is 3.20. The first-order valence-corrected chi connectivity index (χ1v) is 5.19. The van der Waals surface area contributed by atoms with Crippen molar-refractivity contribution in [1.82, 2.24) is 15.0 Å². The van der Waals surface area contributed by atoms with Gasteiger partial charge in [-0.2, -0.15) is 15.0 Å². The Balaban J connectivity index is 2.56. The van der Waals surface area contributed by atoms with Crippen LogP contribution < -0.4 is 10.1 Å². The summed E-state index contributed by atoms with van der Waals surface area (Å²) in [6.45, 7) is 5.12. The van der Waals surface area contributed by atoms with Crippen LogP contribution in [0.3, 0.4) is 0 Å². The molecule has 0 radical (unpaired) electrons. The Labute approximate surface area is 94.2 Å². The molecule has 1 aromatic rings. The fraction of sp³-hybridized carbons (Fsp3) is 0.667. The maximum absolute atomic E-state index is 5.69. The van der Waals surface area contributed by atoms with Gasteiger partial charge in [0, 0.05) is 6.54 Å². The van der Waals surface area contributed by atoms with Crippen LogP contribution in [0, 0.1) is 5.92 Å². The molecule has 1 heterocycles. The Morgan fingerprint density at radius 1 is 1.33 bits per heavy atom. The molecule has 0 amide bonds. The van der Waals surface area contributed by atoms with Gasteiger partial charge in [0.25, 0.3) is 0 Å². The van der Waals surface area contributed by atoms with Crippen molar-refractivity contribution < 1.29 is 4.74 Å². The van der Waals surface area contributed by atoms with Gasteiger partial charge in [-0.1, -0.05) is 13.8 Å². The molecule has 0 atom stereocenters. The number of nitrogens with zero attached hydrogens (tertiary/aromatic N) is 3. The number of methoxy groups -OCH3 is 1. The standard InChI is InChI=1S/C9H15ClN4O/c1-6(2)4-5-11-8-12-7(10)13-9(14-8)15-3/h6H,4-5H2,1-3H3,(H,11,12,13,14). The van der Waals surface area contributed by atoms with E-state index in [9.17, 15) is 0 Å². The van der Waals surface area contributed by atoms with Crippen LogP contribution in [-0.2, 0) is 0 Å². The van der Waals surface area contributed by atoms with E-state index in [-0.39, 0.29) is 11.3 Å². The van der Waals surface area contributed by atoms with Gasteiger partial charge in [-0.05, 0) is 23.9 Å². The van der Waals surface area contributed by atoms with Crippen molar-refractivity contribution in [1.29, 1.82) is 0 Å². The van der Waals surface area contributed by atoms with Crippen molar-refractivity contribution in [2.24, 2.45) is 5.92 Å². The predicted molar refractivity (Wildman–Crippen MR) is 59.3 cm³/mol. The van der Waals surface area contributed by atoms with Crippen LogP contribution in [0.15, 0.2) is 0 Å². The second kappa shape index (κ2) is 5.70. The molecule has 0 aliphatic heterocycles. The summed E-state index contributed by atoms with van der Waals surface area (Å²) in [6, 6.07) is 0.224. The highest BCUT2D eigenvalue weighted by atomic mass is 35.5. The molecule has 0 spiro atoms. The Bertz CT molecular complexity index is 319. The van der Waals surface area contributed by atoms with E-state index in [2.05, 4.69) is 34.1 Å². The van der Waals surface area contributed by atoms with Crippen LogP contribution in [0.25, 0.3) is 0 Å². The van der Waals surface area contributed by atoms with E-state index in [1.807, 2.05) is 0 Å². The quantitative estimate of drug-likeness (QED) is 0.838. The third-order valence-corrected chi connectivity index (χ3v) is 1.94. The molecule has 0 fully saturated rings. The monoisotopic (exact) mass is 230 g/mol. The maximum atomic E-state index is 5.69. The van der Waals surface area contributed by atoms with Gasteiger partial charge in [-0.15, -0.1) is 0 Å². The number of aromatic nitrogens is 3. The minimum absolute atomic E-state index is 0.133. The van der Waals surface area contributed by atoms with Gasteiger partial charge in [0.15, 0.2) is 0 Å². The van der Waals surface area contributed by atoms with Gasteiger partial charge in [-0.3, -0.25) is 0 Å². The lowest BCUT2D eigenvalue weighted by Gasteiger charge is -2.07. The molecule has 0 bridgehead atoms. The van der Waals surface area contributed by atoms with E-state index in [4.69, 9.17) is 16.3 Å². The number of hydrogen-bond donors (Lipinski definition) is 1. The molecule has 0 saturated carbocycles. The van der Waals surface area contributed by atoms with Crippen LogP contribution in [0.2, 0.25) is 5.28 Å². The number of halogens is 1. The maximum Gasteiger partial charge on any atom is 0.322 e. The number of nitrogens with one attached hydrogen (secondary N) is 1. The minimum Gasteiger partial charge on any atom is -0.467 e. The molecular weight excluding hydrogens is 216 g/mol. The number of rotatable bonds is 5. The zero-order chi connectivity index (χ0) is 11.3. The van der Waals surface area contributed by atoms with Crippen molar-refractivity contribution in [3.8, 4) is 6.01 Å². The normalized spacial score (nSPS) is 10.5. The molecule has 1 rings (SSSR count). The molecule has 15 heavy (non-hydrogen) atoms. The van der Waals surface area contributed by atoms with Crippen LogP contribution >= 0.6 is 11.6 Å². The summed E-state index contributed by atoms with van der Waals surface area (Å²) < 4.78 is 4.88. The highest BCUT2D eigenvalue weighted by Gasteiger charge is 2.04. The van der Waals surface area contributed by atoms with Crippen LogP contribution in [0.4, 0.5) is 5.95 Å². The molecule has 0 aliphatic rings. The van der Waals surface area contributed by atoms with E-state index in [0.29, 0.717) is 11.9 Å². The summed E-state index contributed by atoms with van der Waals surface area (Å²) in [5.74, 6) is 1.09. The van der Waals surface area contributed by atoms with E-state index in [0.717, 1.165) is 13.0 Å². The smallest absolute Gasteiger partial charge is 0.322 e. The molecule has 84 valence electrons. The van der Waals surface area contributed by atoms with E-state index in [1.165, 1.54) is 7.11 Å². The Kier molecular flexibility index (Phi) is 4.55. The highest BCUT2D eigenvalue weighted by molar-refractivity contribution is 6.28. The molecule has 0 saturated heterocycles. The summed E-state index contributed by atoms with van der Waals surface area (Å²) in [4.78, 5) is 11.7. The van der Waals surface area contributed by atoms with Crippen molar-refractivity contribution in [2.75, 3.05) is 19.0 Å². The van der Waals surface area contributed by atoms with E-state index >= 15 is 0 Å². The van der Waals surface area contributed by atoms with Crippen LogP contribution in [-0.4, -0.2) is 28.6 Å². The van der Waals surface area contributed by atoms with Crippen LogP contribution in [0.1, 0.15) is 20.3 Å². The SMILES string of the molecule is COc1nc(Cl)nc(NCCC(C)C)n1. The number of hydrogen-bond acceptors (Lipinski definition) is 5. The van der Waals surface area contributed by atoms with Gasteiger partial charge in [-0.25, -0.2) is 0 Å². The molecule has 6 heteroatoms. The fourth-order valence-corrected chi connectivity index (χ4v) is 1.13. The average molecular weight is 231 g/mol. The first kappa shape index (κ1) is 12.0. The summed E-state index contributed by atoms with van der Waals surface area (Å²) in [7, 11) is 1.49. The van der Waals surface area contributed by atoms with Crippen LogP contribution in [0.5, 0.6) is 6.01 Å². The zero-order valence-electron chi connectivity index (χ0n) is 9.12. The first-order valence-electron chi connectivity index (χ1n) is 4.81. The second-order valence-corrected chi connectivity index (χ2v) is 3.86. The summed E-state index contributed by atoms with van der Waals surface area (Å²) in [5.41, 5.74) is 0. The molecule has 1 aromatic heterocycles. The molecule has 0 aromatic carbocycles. The average Bonchev–Trinajstić information content (AvgIpc) is 2.16. The van der Waals surface area contributed by atoms with Crippen molar-refractivity contribution in [3.63, 3.8) is 0 Å². The summed E-state index contributed by atoms with van der Waals surface area (Å²) in [6.07, 6.45) is 1.05. The van der Waals surface area contributed by atoms with Gasteiger partial charge in [0.05, 0.1) is 7.11 Å². The Morgan fingerprint density at radius 3 is 2.67 bits per heavy atom.